The van der Waals surface area contributed by atoms with Crippen LogP contribution < -0.4 is 10.6 Å². The predicted octanol–water partition coefficient (Wildman–Crippen LogP) is 5.22. The maximum Gasteiger partial charge on any atom is 0.355 e. The van der Waals surface area contributed by atoms with Gasteiger partial charge < -0.3 is 9.80 Å². The molecule has 0 N–H and O–H groups in total. The van der Waals surface area contributed by atoms with E-state index in [1.165, 1.54) is 29.7 Å². The summed E-state index contributed by atoms with van der Waals surface area (Å²) in [6, 6.07) is 4.54. The van der Waals surface area contributed by atoms with Crippen LogP contribution in [0.15, 0.2) is 47.9 Å². The molecule has 0 spiro atoms. The molecule has 1 fully saturated rings. The molecule has 1 saturated heterocycles. The number of amides is 1. The number of fused-ring (bicyclic) bond motifs is 1. The summed E-state index contributed by atoms with van der Waals surface area (Å²) in [5.74, 6) is -2.71. The number of rotatable bonds is 5. The van der Waals surface area contributed by atoms with Crippen molar-refractivity contribution < 1.29 is 18.0 Å². The zero-order valence-corrected chi connectivity index (χ0v) is 24.1. The number of pyridine rings is 2. The molecule has 0 bridgehead atoms. The van der Waals surface area contributed by atoms with Gasteiger partial charge in [-0.25, -0.2) is 27.5 Å². The molecule has 8 nitrogen and oxygen atoms in total. The molecule has 0 saturated carbocycles. The Bertz CT molecular complexity index is 1800. The third-order valence-corrected chi connectivity index (χ3v) is 7.62. The Morgan fingerprint density at radius 1 is 1.05 bits per heavy atom. The number of halogens is 3. The van der Waals surface area contributed by atoms with Gasteiger partial charge in [0.1, 0.15) is 29.0 Å². The minimum Gasteiger partial charge on any atom is -0.350 e. The Morgan fingerprint density at radius 2 is 1.79 bits per heavy atom. The lowest BCUT2D eigenvalue weighted by molar-refractivity contribution is -0.126. The van der Waals surface area contributed by atoms with Crippen molar-refractivity contribution in [2.45, 2.75) is 46.6 Å². The van der Waals surface area contributed by atoms with Gasteiger partial charge in [-0.1, -0.05) is 20.4 Å². The van der Waals surface area contributed by atoms with Crippen molar-refractivity contribution in [1.82, 2.24) is 24.4 Å². The fraction of sp³-hybridized carbons (Fsp3) is 0.323. The van der Waals surface area contributed by atoms with E-state index in [9.17, 15) is 14.0 Å². The molecule has 4 aromatic rings. The molecule has 11 heteroatoms. The van der Waals surface area contributed by atoms with Gasteiger partial charge in [-0.05, 0) is 62.1 Å². The van der Waals surface area contributed by atoms with Gasteiger partial charge in [0, 0.05) is 43.5 Å². The molecule has 1 amide bonds. The van der Waals surface area contributed by atoms with Gasteiger partial charge in [0.25, 0.3) is 0 Å². The maximum atomic E-state index is 15.9. The first-order valence-electron chi connectivity index (χ1n) is 13.7. The second-order valence-electron chi connectivity index (χ2n) is 10.9. The van der Waals surface area contributed by atoms with Crippen LogP contribution in [0.25, 0.3) is 28.0 Å². The minimum atomic E-state index is -0.982. The average Bonchev–Trinajstić information content (AvgIpc) is 2.94. The fourth-order valence-electron chi connectivity index (χ4n) is 5.44. The maximum absolute atomic E-state index is 15.9. The monoisotopic (exact) mass is 576 g/mol. The Morgan fingerprint density at radius 3 is 2.45 bits per heavy atom. The highest BCUT2D eigenvalue weighted by Crippen LogP contribution is 2.34. The first-order valence-corrected chi connectivity index (χ1v) is 13.7. The van der Waals surface area contributed by atoms with Crippen LogP contribution in [0.5, 0.6) is 0 Å². The topological polar surface area (TPSA) is 84.2 Å². The van der Waals surface area contributed by atoms with Crippen LogP contribution in [0.3, 0.4) is 0 Å². The van der Waals surface area contributed by atoms with E-state index in [1.54, 1.807) is 17.2 Å². The lowest BCUT2D eigenvalue weighted by Crippen LogP contribution is -2.54. The van der Waals surface area contributed by atoms with Crippen LogP contribution in [-0.2, 0) is 4.79 Å². The van der Waals surface area contributed by atoms with Crippen LogP contribution in [-0.4, -0.2) is 56.0 Å². The van der Waals surface area contributed by atoms with Crippen molar-refractivity contribution in [1.29, 1.82) is 0 Å². The van der Waals surface area contributed by atoms with Crippen molar-refractivity contribution in [3.05, 3.63) is 87.9 Å². The quantitative estimate of drug-likeness (QED) is 0.303. The van der Waals surface area contributed by atoms with E-state index >= 15 is 8.78 Å². The van der Waals surface area contributed by atoms with Crippen molar-refractivity contribution in [2.24, 2.45) is 0 Å². The summed E-state index contributed by atoms with van der Waals surface area (Å²) in [6.07, 6.45) is 2.89. The van der Waals surface area contributed by atoms with E-state index in [0.717, 1.165) is 0 Å². The Hall–Kier alpha value is -4.54. The molecule has 4 heterocycles. The molecule has 1 aromatic carbocycles. The zero-order chi connectivity index (χ0) is 30.5. The number of anilines is 1. The van der Waals surface area contributed by atoms with Gasteiger partial charge in [0.2, 0.25) is 5.91 Å². The largest absolute Gasteiger partial charge is 0.355 e. The third-order valence-electron chi connectivity index (χ3n) is 7.62. The standard InChI is InChI=1S/C31H31F3N6O2/c1-7-25(41)38-10-11-39(19(6)15-38)29-21-13-24(34)27(20-12-18(5)22(32)14-23(20)33)36-30(21)40(31(42)37-29)28-17(4)8-9-35-26(28)16(2)3/h7-9,12-14,16,19H,1,10-11,15H2,2-6H3/t19-/m0/s1. The van der Waals surface area contributed by atoms with Gasteiger partial charge >= 0.3 is 5.69 Å². The van der Waals surface area contributed by atoms with Gasteiger partial charge in [0.15, 0.2) is 5.65 Å². The smallest absolute Gasteiger partial charge is 0.350 e. The third kappa shape index (κ3) is 4.93. The van der Waals surface area contributed by atoms with E-state index in [-0.39, 0.29) is 51.5 Å². The molecule has 3 aromatic heterocycles. The van der Waals surface area contributed by atoms with Crippen molar-refractivity contribution in [3.8, 4) is 16.9 Å². The van der Waals surface area contributed by atoms with E-state index in [1.807, 2.05) is 32.6 Å². The van der Waals surface area contributed by atoms with E-state index in [2.05, 4.69) is 21.5 Å². The number of piperazine rings is 1. The molecule has 1 aliphatic heterocycles. The van der Waals surface area contributed by atoms with E-state index in [0.29, 0.717) is 42.6 Å². The lowest BCUT2D eigenvalue weighted by Gasteiger charge is -2.40. The zero-order valence-electron chi connectivity index (χ0n) is 24.1. The number of hydrogen-bond acceptors (Lipinski definition) is 6. The number of aryl methyl sites for hydroxylation is 2. The molecule has 0 unspecified atom stereocenters. The summed E-state index contributed by atoms with van der Waals surface area (Å²) in [5.41, 5.74) is 0.675. The van der Waals surface area contributed by atoms with Gasteiger partial charge in [-0.15, -0.1) is 0 Å². The van der Waals surface area contributed by atoms with Crippen molar-refractivity contribution >= 4 is 22.8 Å². The second kappa shape index (κ2) is 11.0. The van der Waals surface area contributed by atoms with Gasteiger partial charge in [-0.2, -0.15) is 4.98 Å². The highest BCUT2D eigenvalue weighted by molar-refractivity contribution is 5.91. The summed E-state index contributed by atoms with van der Waals surface area (Å²) >= 11 is 0. The molecule has 218 valence electrons. The number of carbonyl (C=O) groups is 1. The van der Waals surface area contributed by atoms with Gasteiger partial charge in [-0.3, -0.25) is 9.78 Å². The normalized spacial score (nSPS) is 15.5. The molecular weight excluding hydrogens is 545 g/mol. The fourth-order valence-corrected chi connectivity index (χ4v) is 5.44. The van der Waals surface area contributed by atoms with Crippen LogP contribution >= 0.6 is 0 Å². The second-order valence-corrected chi connectivity index (χ2v) is 10.9. The molecule has 1 atom stereocenters. The molecule has 0 radical (unpaired) electrons. The van der Waals surface area contributed by atoms with Crippen LogP contribution in [0.1, 0.15) is 43.5 Å². The van der Waals surface area contributed by atoms with Crippen LogP contribution in [0.4, 0.5) is 19.0 Å². The van der Waals surface area contributed by atoms with Gasteiger partial charge in [0.05, 0.1) is 16.8 Å². The van der Waals surface area contributed by atoms with Crippen molar-refractivity contribution in [2.75, 3.05) is 24.5 Å². The number of nitrogens with zero attached hydrogens (tertiary/aromatic N) is 6. The summed E-state index contributed by atoms with van der Waals surface area (Å²) in [5, 5.41) is 0.225. The first-order chi connectivity index (χ1) is 19.9. The number of carbonyl (C=O) groups excluding carboxylic acids is 1. The van der Waals surface area contributed by atoms with E-state index < -0.39 is 23.1 Å². The summed E-state index contributed by atoms with van der Waals surface area (Å²) in [7, 11) is 0. The summed E-state index contributed by atoms with van der Waals surface area (Å²) in [4.78, 5) is 43.1. The Kier molecular flexibility index (Phi) is 7.61. The highest BCUT2D eigenvalue weighted by atomic mass is 19.1. The predicted molar refractivity (Wildman–Crippen MR) is 155 cm³/mol. The van der Waals surface area contributed by atoms with E-state index in [4.69, 9.17) is 0 Å². The van der Waals surface area contributed by atoms with Crippen LogP contribution in [0.2, 0.25) is 0 Å². The highest BCUT2D eigenvalue weighted by Gasteiger charge is 2.31. The molecule has 5 rings (SSSR count). The number of aromatic nitrogens is 4. The molecule has 1 aliphatic rings. The van der Waals surface area contributed by atoms with Crippen LogP contribution in [0, 0.1) is 31.3 Å². The van der Waals surface area contributed by atoms with Crippen molar-refractivity contribution in [3.63, 3.8) is 0 Å². The summed E-state index contributed by atoms with van der Waals surface area (Å²) < 4.78 is 46.2. The number of benzene rings is 1. The Labute approximate surface area is 241 Å². The summed E-state index contributed by atoms with van der Waals surface area (Å²) in [6.45, 7) is 13.6. The molecule has 42 heavy (non-hydrogen) atoms. The average molecular weight is 577 g/mol. The lowest BCUT2D eigenvalue weighted by atomic mass is 10.0. The minimum absolute atomic E-state index is 0.0533. The Balaban J connectivity index is 1.83. The SMILES string of the molecule is C=CC(=O)N1CCN(c2nc(=O)n(-c3c(C)ccnc3C(C)C)c3nc(-c4cc(C)c(F)cc4F)c(F)cc23)[C@@H](C)C1. The molecule has 0 aliphatic carbocycles. The molecular formula is C31H31F3N6O2. The first kappa shape index (κ1) is 29.0. The number of hydrogen-bond donors (Lipinski definition) is 0.